The molecule has 13 heteroatoms. The number of aliphatic hydroxyl groups is 1. The lowest BCUT2D eigenvalue weighted by Crippen LogP contribution is -2.39. The molecule has 4 N–H and O–H groups in total. The van der Waals surface area contributed by atoms with Crippen LogP contribution in [0.25, 0.3) is 10.2 Å². The van der Waals surface area contributed by atoms with Crippen LogP contribution < -0.4 is 15.2 Å². The number of carbonyl (C=O) groups is 1. The van der Waals surface area contributed by atoms with E-state index >= 15 is 0 Å². The van der Waals surface area contributed by atoms with Crippen molar-refractivity contribution in [1.82, 2.24) is 25.3 Å². The highest BCUT2D eigenvalue weighted by molar-refractivity contribution is 7.91. The van der Waals surface area contributed by atoms with E-state index in [0.29, 0.717) is 34.5 Å². The average molecular weight is 591 g/mol. The van der Waals surface area contributed by atoms with E-state index in [1.807, 2.05) is 54.6 Å². The molecule has 1 amide bonds. The van der Waals surface area contributed by atoms with Gasteiger partial charge in [-0.1, -0.05) is 59.8 Å². The first-order valence-electron chi connectivity index (χ1n) is 12.8. The third-order valence-corrected chi connectivity index (χ3v) is 9.26. The Labute approximate surface area is 239 Å². The van der Waals surface area contributed by atoms with Crippen molar-refractivity contribution >= 4 is 37.5 Å². The highest BCUT2D eigenvalue weighted by atomic mass is 32.2. The van der Waals surface area contributed by atoms with Gasteiger partial charge in [0, 0.05) is 12.8 Å². The number of carbonyl (C=O) groups excluding carboxylic acids is 1. The summed E-state index contributed by atoms with van der Waals surface area (Å²) in [6, 6.07) is 21.1. The quantitative estimate of drug-likeness (QED) is 0.236. The molecule has 3 atom stereocenters. The summed E-state index contributed by atoms with van der Waals surface area (Å²) in [7, 11) is -3.89. The molecular formula is C28H26N6O5S2. The number of amides is 1. The molecule has 1 aliphatic carbocycles. The average Bonchev–Trinajstić information content (AvgIpc) is 3.68. The summed E-state index contributed by atoms with van der Waals surface area (Å²) in [5.74, 6) is 0.206. The maximum Gasteiger partial charge on any atom is 0.265 e. The van der Waals surface area contributed by atoms with Gasteiger partial charge < -0.3 is 15.2 Å². The molecule has 0 saturated carbocycles. The number of sulfonamides is 1. The van der Waals surface area contributed by atoms with Gasteiger partial charge in [0.05, 0.1) is 28.6 Å². The summed E-state index contributed by atoms with van der Waals surface area (Å²) < 4.78 is 31.1. The lowest BCUT2D eigenvalue weighted by molar-refractivity contribution is -0.126. The van der Waals surface area contributed by atoms with Gasteiger partial charge in [-0.05, 0) is 34.9 Å². The van der Waals surface area contributed by atoms with Gasteiger partial charge >= 0.3 is 0 Å². The Kier molecular flexibility index (Phi) is 7.26. The third kappa shape index (κ3) is 5.84. The second-order valence-corrected chi connectivity index (χ2v) is 12.6. The molecule has 11 nitrogen and oxygen atoms in total. The predicted octanol–water partition coefficient (Wildman–Crippen LogP) is 2.67. The van der Waals surface area contributed by atoms with Crippen molar-refractivity contribution in [2.24, 2.45) is 5.14 Å². The Balaban J connectivity index is 1.20. The van der Waals surface area contributed by atoms with Gasteiger partial charge in [-0.15, -0.1) is 16.4 Å². The third-order valence-electron chi connectivity index (χ3n) is 6.92. The molecule has 5 aromatic rings. The number of nitrogens with two attached hydrogens (primary N) is 1. The molecular weight excluding hydrogens is 564 g/mol. The summed E-state index contributed by atoms with van der Waals surface area (Å²) in [6.07, 6.45) is 1.79. The van der Waals surface area contributed by atoms with Gasteiger partial charge in [0.15, 0.2) is 0 Å². The maximum absolute atomic E-state index is 13.6. The molecule has 1 unspecified atom stereocenters. The molecule has 41 heavy (non-hydrogen) atoms. The minimum absolute atomic E-state index is 0.0702. The minimum atomic E-state index is -3.89. The molecule has 2 aromatic heterocycles. The Morgan fingerprint density at radius 1 is 1.15 bits per heavy atom. The fourth-order valence-electron chi connectivity index (χ4n) is 4.93. The van der Waals surface area contributed by atoms with E-state index < -0.39 is 28.2 Å². The van der Waals surface area contributed by atoms with Gasteiger partial charge in [0.25, 0.3) is 10.0 Å². The number of thiazole rings is 1. The molecule has 2 heterocycles. The summed E-state index contributed by atoms with van der Waals surface area (Å²) in [4.78, 5) is 17.7. The molecule has 0 fully saturated rings. The van der Waals surface area contributed by atoms with Crippen LogP contribution in [-0.2, 0) is 34.3 Å². The lowest BCUT2D eigenvalue weighted by atomic mass is 10.0. The zero-order valence-corrected chi connectivity index (χ0v) is 23.3. The van der Waals surface area contributed by atoms with Crippen molar-refractivity contribution in [1.29, 1.82) is 0 Å². The minimum Gasteiger partial charge on any atom is -0.487 e. The van der Waals surface area contributed by atoms with Crippen LogP contribution in [0.1, 0.15) is 34.5 Å². The van der Waals surface area contributed by atoms with Crippen LogP contribution in [0.3, 0.4) is 0 Å². The van der Waals surface area contributed by atoms with E-state index in [1.54, 1.807) is 24.4 Å². The van der Waals surface area contributed by atoms with Crippen LogP contribution in [0.4, 0.5) is 0 Å². The van der Waals surface area contributed by atoms with E-state index in [1.165, 1.54) is 4.68 Å². The van der Waals surface area contributed by atoms with Crippen LogP contribution in [0, 0.1) is 0 Å². The number of hydrogen-bond acceptors (Lipinski definition) is 9. The number of hydrogen-bond donors (Lipinski definition) is 3. The summed E-state index contributed by atoms with van der Waals surface area (Å²) >= 11 is 0.962. The van der Waals surface area contributed by atoms with E-state index in [2.05, 4.69) is 20.6 Å². The number of rotatable bonds is 9. The molecule has 0 aliphatic heterocycles. The second-order valence-electron chi connectivity index (χ2n) is 9.79. The second kappa shape index (κ2) is 11.0. The van der Waals surface area contributed by atoms with Gasteiger partial charge in [-0.25, -0.2) is 23.2 Å². The van der Waals surface area contributed by atoms with Crippen LogP contribution in [0.15, 0.2) is 83.3 Å². The van der Waals surface area contributed by atoms with Gasteiger partial charge in [0.2, 0.25) is 10.2 Å². The van der Waals surface area contributed by atoms with Crippen LogP contribution in [0.2, 0.25) is 0 Å². The monoisotopic (exact) mass is 590 g/mol. The molecule has 210 valence electrons. The van der Waals surface area contributed by atoms with Gasteiger partial charge in [-0.3, -0.25) is 4.79 Å². The standard InChI is InChI=1S/C28H26N6O5S2/c29-41(37,38)28-30-22-11-10-20(14-25(22)40-28)39-16-19-15-34(33-32-19)23(12-17-6-2-1-3-7-17)27(36)31-26-21-9-5-4-8-18(21)13-24(26)35/h1-11,14-15,23-24,26,35H,12-13,16H2,(H,31,36)(H2,29,37,38)/t23-,24-,26?/m0/s1. The number of nitrogens with zero attached hydrogens (tertiary/aromatic N) is 4. The molecule has 6 rings (SSSR count). The molecule has 0 spiro atoms. The van der Waals surface area contributed by atoms with E-state index in [0.717, 1.165) is 28.0 Å². The van der Waals surface area contributed by atoms with Gasteiger partial charge in [0.1, 0.15) is 24.1 Å². The molecule has 0 bridgehead atoms. The SMILES string of the molecule is NS(=O)(=O)c1nc2ccc(OCc3cn([C@@H](Cc4ccccc4)C(=O)NC4c5ccccc5C[C@@H]4O)nn3)cc2s1. The highest BCUT2D eigenvalue weighted by Crippen LogP contribution is 2.32. The van der Waals surface area contributed by atoms with E-state index in [9.17, 15) is 18.3 Å². The van der Waals surface area contributed by atoms with Crippen molar-refractivity contribution < 1.29 is 23.1 Å². The van der Waals surface area contributed by atoms with E-state index in [-0.39, 0.29) is 16.9 Å². The van der Waals surface area contributed by atoms with Gasteiger partial charge in [-0.2, -0.15) is 0 Å². The smallest absolute Gasteiger partial charge is 0.265 e. The summed E-state index contributed by atoms with van der Waals surface area (Å²) in [6.45, 7) is 0.0702. The molecule has 1 aliphatic rings. The largest absolute Gasteiger partial charge is 0.487 e. The predicted molar refractivity (Wildman–Crippen MR) is 152 cm³/mol. The Morgan fingerprint density at radius 3 is 2.73 bits per heavy atom. The number of fused-ring (bicyclic) bond motifs is 2. The van der Waals surface area contributed by atoms with E-state index in [4.69, 9.17) is 9.88 Å². The normalized spacial score (nSPS) is 17.3. The number of nitrogens with one attached hydrogen (secondary N) is 1. The molecule has 0 saturated heterocycles. The van der Waals surface area contributed by atoms with Crippen molar-refractivity contribution in [3.05, 3.63) is 101 Å². The fraction of sp³-hybridized carbons (Fsp3) is 0.214. The Hall–Kier alpha value is -4.17. The van der Waals surface area contributed by atoms with Crippen LogP contribution >= 0.6 is 11.3 Å². The maximum atomic E-state index is 13.6. The van der Waals surface area contributed by atoms with Crippen LogP contribution in [0.5, 0.6) is 5.75 Å². The first-order chi connectivity index (χ1) is 19.7. The Morgan fingerprint density at radius 2 is 1.93 bits per heavy atom. The Bertz CT molecular complexity index is 1820. The van der Waals surface area contributed by atoms with Crippen LogP contribution in [-0.4, -0.2) is 45.5 Å². The first-order valence-corrected chi connectivity index (χ1v) is 15.2. The zero-order valence-electron chi connectivity index (χ0n) is 21.6. The topological polar surface area (TPSA) is 162 Å². The first kappa shape index (κ1) is 27.0. The fourth-order valence-corrected chi connectivity index (χ4v) is 6.61. The summed E-state index contributed by atoms with van der Waals surface area (Å²) in [5, 5.41) is 27.4. The van der Waals surface area contributed by atoms with Crippen molar-refractivity contribution in [3.8, 4) is 5.75 Å². The molecule has 3 aromatic carbocycles. The number of aromatic nitrogens is 4. The van der Waals surface area contributed by atoms with Crippen molar-refractivity contribution in [2.45, 2.75) is 42.0 Å². The number of primary sulfonamides is 1. The highest BCUT2D eigenvalue weighted by Gasteiger charge is 2.34. The molecule has 0 radical (unpaired) electrons. The number of benzene rings is 3. The number of aliphatic hydroxyl groups excluding tert-OH is 1. The summed E-state index contributed by atoms with van der Waals surface area (Å²) in [5.41, 5.74) is 3.87. The number of ether oxygens (including phenoxy) is 1. The van der Waals surface area contributed by atoms with Crippen molar-refractivity contribution in [3.63, 3.8) is 0 Å². The lowest BCUT2D eigenvalue weighted by Gasteiger charge is -2.23. The zero-order chi connectivity index (χ0) is 28.6. The van der Waals surface area contributed by atoms with Crippen molar-refractivity contribution in [2.75, 3.05) is 0 Å².